The summed E-state index contributed by atoms with van der Waals surface area (Å²) in [5, 5.41) is 0. The van der Waals surface area contributed by atoms with E-state index in [1.165, 1.54) is 0 Å². The molecule has 0 spiro atoms. The van der Waals surface area contributed by atoms with Crippen molar-refractivity contribution in [3.05, 3.63) is 60.7 Å². The predicted molar refractivity (Wildman–Crippen MR) is 74.3 cm³/mol. The summed E-state index contributed by atoms with van der Waals surface area (Å²) in [6.45, 7) is 0.709. The zero-order valence-electron chi connectivity index (χ0n) is 10.5. The lowest BCUT2D eigenvalue weighted by Crippen LogP contribution is -2.32. The number of anilines is 1. The molecule has 3 rings (SSSR count). The summed E-state index contributed by atoms with van der Waals surface area (Å²) in [7, 11) is 0. The van der Waals surface area contributed by atoms with Crippen LogP contribution in [0.15, 0.2) is 60.7 Å². The molecule has 0 aromatic heterocycles. The van der Waals surface area contributed by atoms with Crippen molar-refractivity contribution in [3.8, 4) is 5.75 Å². The summed E-state index contributed by atoms with van der Waals surface area (Å²) in [5.74, 6) is 0.783. The predicted octanol–water partition coefficient (Wildman–Crippen LogP) is 2.87. The van der Waals surface area contributed by atoms with Crippen LogP contribution in [-0.4, -0.2) is 18.6 Å². The van der Waals surface area contributed by atoms with Crippen LogP contribution >= 0.6 is 0 Å². The Morgan fingerprint density at radius 3 is 2.26 bits per heavy atom. The molecule has 1 amide bonds. The first-order valence-corrected chi connectivity index (χ1v) is 6.43. The van der Waals surface area contributed by atoms with E-state index in [-0.39, 0.29) is 12.0 Å². The molecule has 19 heavy (non-hydrogen) atoms. The largest absolute Gasteiger partial charge is 0.481 e. The van der Waals surface area contributed by atoms with Gasteiger partial charge < -0.3 is 9.64 Å². The number of carbonyl (C=O) groups excluding carboxylic acids is 1. The Balaban J connectivity index is 1.73. The molecule has 0 aliphatic carbocycles. The molecule has 3 nitrogen and oxygen atoms in total. The Bertz CT molecular complexity index is 553. The molecule has 1 unspecified atom stereocenters. The second-order valence-electron chi connectivity index (χ2n) is 4.53. The maximum Gasteiger partial charge on any atom is 0.268 e. The van der Waals surface area contributed by atoms with Crippen LogP contribution in [0.1, 0.15) is 6.42 Å². The molecule has 0 N–H and O–H groups in total. The highest BCUT2D eigenvalue weighted by Crippen LogP contribution is 2.24. The van der Waals surface area contributed by atoms with Gasteiger partial charge in [0, 0.05) is 18.7 Å². The number of rotatable bonds is 3. The molecule has 1 atom stereocenters. The van der Waals surface area contributed by atoms with Crippen molar-refractivity contribution in [3.63, 3.8) is 0 Å². The van der Waals surface area contributed by atoms with E-state index < -0.39 is 0 Å². The van der Waals surface area contributed by atoms with Crippen LogP contribution in [0, 0.1) is 0 Å². The normalized spacial score (nSPS) is 18.6. The first kappa shape index (κ1) is 11.8. The van der Waals surface area contributed by atoms with Crippen molar-refractivity contribution in [1.82, 2.24) is 0 Å². The number of carbonyl (C=O) groups is 1. The number of hydrogen-bond donors (Lipinski definition) is 0. The highest BCUT2D eigenvalue weighted by atomic mass is 16.5. The van der Waals surface area contributed by atoms with Crippen LogP contribution in [0.4, 0.5) is 5.69 Å². The standard InChI is InChI=1S/C16H15NO2/c18-16-15(19-14-9-5-2-6-10-14)11-12-17(16)13-7-3-1-4-8-13/h1-10,15H,11-12H2. The van der Waals surface area contributed by atoms with Crippen molar-refractivity contribution < 1.29 is 9.53 Å². The van der Waals surface area contributed by atoms with Gasteiger partial charge in [0.2, 0.25) is 0 Å². The molecular weight excluding hydrogens is 238 g/mol. The van der Waals surface area contributed by atoms with Gasteiger partial charge in [0.25, 0.3) is 5.91 Å². The second kappa shape index (κ2) is 5.14. The van der Waals surface area contributed by atoms with Crippen LogP contribution in [0.2, 0.25) is 0 Å². The molecule has 1 aliphatic rings. The summed E-state index contributed by atoms with van der Waals surface area (Å²) in [5.41, 5.74) is 0.937. The third kappa shape index (κ3) is 2.45. The maximum atomic E-state index is 12.3. The number of amides is 1. The summed E-state index contributed by atoms with van der Waals surface area (Å²) in [6.07, 6.45) is 0.352. The number of ether oxygens (including phenoxy) is 1. The van der Waals surface area contributed by atoms with Gasteiger partial charge in [-0.15, -0.1) is 0 Å². The fourth-order valence-corrected chi connectivity index (χ4v) is 2.29. The lowest BCUT2D eigenvalue weighted by Gasteiger charge is -2.17. The third-order valence-electron chi connectivity index (χ3n) is 3.25. The Morgan fingerprint density at radius 2 is 1.58 bits per heavy atom. The van der Waals surface area contributed by atoms with Crippen molar-refractivity contribution >= 4 is 11.6 Å². The van der Waals surface area contributed by atoms with E-state index in [1.54, 1.807) is 4.90 Å². The number of nitrogens with zero attached hydrogens (tertiary/aromatic N) is 1. The monoisotopic (exact) mass is 253 g/mol. The number of hydrogen-bond acceptors (Lipinski definition) is 2. The van der Waals surface area contributed by atoms with Crippen LogP contribution in [-0.2, 0) is 4.79 Å². The van der Waals surface area contributed by atoms with Crippen LogP contribution in [0.5, 0.6) is 5.75 Å². The van der Waals surface area contributed by atoms with Gasteiger partial charge in [-0.25, -0.2) is 0 Å². The van der Waals surface area contributed by atoms with E-state index in [9.17, 15) is 4.79 Å². The van der Waals surface area contributed by atoms with Gasteiger partial charge in [-0.2, -0.15) is 0 Å². The van der Waals surface area contributed by atoms with Gasteiger partial charge in [0.15, 0.2) is 6.10 Å². The smallest absolute Gasteiger partial charge is 0.268 e. The minimum absolute atomic E-state index is 0.0371. The quantitative estimate of drug-likeness (QED) is 0.841. The van der Waals surface area contributed by atoms with E-state index in [4.69, 9.17) is 4.74 Å². The van der Waals surface area contributed by atoms with Crippen LogP contribution in [0.3, 0.4) is 0 Å². The molecule has 3 heteroatoms. The van der Waals surface area contributed by atoms with E-state index in [0.29, 0.717) is 6.54 Å². The molecule has 2 aromatic rings. The Hall–Kier alpha value is -2.29. The minimum atomic E-state index is -0.373. The van der Waals surface area contributed by atoms with Crippen molar-refractivity contribution in [2.75, 3.05) is 11.4 Å². The third-order valence-corrected chi connectivity index (χ3v) is 3.25. The first-order valence-electron chi connectivity index (χ1n) is 6.43. The minimum Gasteiger partial charge on any atom is -0.481 e. The highest BCUT2D eigenvalue weighted by molar-refractivity contribution is 5.98. The molecule has 96 valence electrons. The molecule has 2 aromatic carbocycles. The van der Waals surface area contributed by atoms with Crippen molar-refractivity contribution in [2.45, 2.75) is 12.5 Å². The van der Waals surface area contributed by atoms with Gasteiger partial charge in [-0.1, -0.05) is 36.4 Å². The van der Waals surface area contributed by atoms with E-state index in [2.05, 4.69) is 0 Å². The summed E-state index contributed by atoms with van der Waals surface area (Å²) in [4.78, 5) is 14.1. The SMILES string of the molecule is O=C1C(Oc2ccccc2)CCN1c1ccccc1. The van der Waals surface area contributed by atoms with Crippen molar-refractivity contribution in [1.29, 1.82) is 0 Å². The fourth-order valence-electron chi connectivity index (χ4n) is 2.29. The molecular formula is C16H15NO2. The zero-order chi connectivity index (χ0) is 13.1. The second-order valence-corrected chi connectivity index (χ2v) is 4.53. The fraction of sp³-hybridized carbons (Fsp3) is 0.188. The molecule has 1 saturated heterocycles. The van der Waals surface area contributed by atoms with Gasteiger partial charge >= 0.3 is 0 Å². The van der Waals surface area contributed by atoms with Crippen LogP contribution in [0.25, 0.3) is 0 Å². The van der Waals surface area contributed by atoms with Gasteiger partial charge in [-0.05, 0) is 24.3 Å². The first-order chi connectivity index (χ1) is 9.34. The zero-order valence-corrected chi connectivity index (χ0v) is 10.5. The Labute approximate surface area is 112 Å². The molecule has 1 aliphatic heterocycles. The molecule has 1 fully saturated rings. The lowest BCUT2D eigenvalue weighted by atomic mass is 10.3. The average Bonchev–Trinajstić information content (AvgIpc) is 2.82. The van der Waals surface area contributed by atoms with Gasteiger partial charge in [-0.3, -0.25) is 4.79 Å². The number of benzene rings is 2. The molecule has 0 bridgehead atoms. The molecule has 0 radical (unpaired) electrons. The summed E-state index contributed by atoms with van der Waals surface area (Å²) >= 11 is 0. The lowest BCUT2D eigenvalue weighted by molar-refractivity contribution is -0.122. The van der Waals surface area contributed by atoms with E-state index in [1.807, 2.05) is 60.7 Å². The Kier molecular flexibility index (Phi) is 3.19. The van der Waals surface area contributed by atoms with E-state index in [0.717, 1.165) is 17.9 Å². The number of para-hydroxylation sites is 2. The van der Waals surface area contributed by atoms with Gasteiger partial charge in [0.05, 0.1) is 0 Å². The van der Waals surface area contributed by atoms with Crippen molar-refractivity contribution in [2.24, 2.45) is 0 Å². The summed E-state index contributed by atoms with van der Waals surface area (Å²) < 4.78 is 5.75. The highest BCUT2D eigenvalue weighted by Gasteiger charge is 2.34. The van der Waals surface area contributed by atoms with Gasteiger partial charge in [0.1, 0.15) is 5.75 Å². The average molecular weight is 253 g/mol. The molecule has 1 heterocycles. The molecule has 0 saturated carbocycles. The topological polar surface area (TPSA) is 29.5 Å². The van der Waals surface area contributed by atoms with E-state index >= 15 is 0 Å². The summed E-state index contributed by atoms with van der Waals surface area (Å²) in [6, 6.07) is 19.2. The Morgan fingerprint density at radius 1 is 0.947 bits per heavy atom. The maximum absolute atomic E-state index is 12.3. The van der Waals surface area contributed by atoms with Crippen LogP contribution < -0.4 is 9.64 Å².